The third-order valence-corrected chi connectivity index (χ3v) is 0. The molecule has 0 aliphatic rings. The quantitative estimate of drug-likeness (QED) is 0.517. The molecule has 0 aliphatic heterocycles. The molecule has 0 radical (unpaired) electrons. The molecule has 0 unspecified atom stereocenters. The number of hydrogen-bond donors (Lipinski definition) is 0. The van der Waals surface area contributed by atoms with Gasteiger partial charge in [0.05, 0.1) is 0 Å². The second kappa shape index (κ2) is 47.1. The first-order valence-electron chi connectivity index (χ1n) is 4.03. The molecule has 0 aromatic heterocycles. The van der Waals surface area contributed by atoms with E-state index in [-0.39, 0.29) is 0 Å². The van der Waals surface area contributed by atoms with Crippen molar-refractivity contribution >= 4 is 5.23 Å². The van der Waals surface area contributed by atoms with Crippen LogP contribution < -0.4 is 0 Å². The SMILES string of the molecule is CC.C[CH-]C.[CH2-]C(C)C.[CH2]=[V+2]. The predicted molar refractivity (Wildman–Crippen MR) is 54.3 cm³/mol. The van der Waals surface area contributed by atoms with Crippen molar-refractivity contribution in [3.63, 3.8) is 0 Å². The molecule has 69 valence electrons. The maximum absolute atomic E-state index is 3.64. The van der Waals surface area contributed by atoms with Crippen LogP contribution in [0.4, 0.5) is 0 Å². The summed E-state index contributed by atoms with van der Waals surface area (Å²) in [4.78, 5) is 0. The molecule has 0 heterocycles. The molecular formula is C10H24V. The maximum atomic E-state index is 3.64. The van der Waals surface area contributed by atoms with Gasteiger partial charge in [0, 0.05) is 0 Å². The molecule has 0 aromatic carbocycles. The second-order valence-electron chi connectivity index (χ2n) is 1.97. The van der Waals surface area contributed by atoms with Gasteiger partial charge in [-0.25, -0.2) is 0 Å². The Kier molecular flexibility index (Phi) is 96.5. The Hall–Kier alpha value is 0.454. The average Bonchev–Trinajstić information content (AvgIpc) is 1.96. The van der Waals surface area contributed by atoms with E-state index in [1.165, 1.54) is 0 Å². The Bertz CT molecular complexity index is 23.3. The van der Waals surface area contributed by atoms with E-state index in [1.807, 2.05) is 34.1 Å². The summed E-state index contributed by atoms with van der Waals surface area (Å²) in [5.74, 6) is 0.583. The van der Waals surface area contributed by atoms with Gasteiger partial charge in [0.1, 0.15) is 0 Å². The van der Waals surface area contributed by atoms with E-state index < -0.39 is 0 Å². The summed E-state index contributed by atoms with van der Waals surface area (Å²) in [6.07, 6.45) is 2.00. The first kappa shape index (κ1) is 22.5. The van der Waals surface area contributed by atoms with E-state index in [2.05, 4.69) is 43.0 Å². The molecule has 0 fully saturated rings. The summed E-state index contributed by atoms with van der Waals surface area (Å²) >= 11 is 2.06. The molecular weight excluding hydrogens is 171 g/mol. The molecule has 1 heteroatoms. The van der Waals surface area contributed by atoms with Crippen LogP contribution in [0.2, 0.25) is 0 Å². The number of hydrogen-bond acceptors (Lipinski definition) is 0. The first-order valence-corrected chi connectivity index (χ1v) is 5.02. The fourth-order valence-corrected chi connectivity index (χ4v) is 0. The molecule has 0 nitrogen and oxygen atoms in total. The van der Waals surface area contributed by atoms with Gasteiger partial charge in [-0.15, -0.1) is 0 Å². The standard InChI is InChI=1S/C4H9.C3H7.C2H6.CH2.V/c1-4(2)3;1-3-2;1-2;;/h4H,1H2,2-3H3;3H,1-2H3;1-2H3;1H2;/q2*-1;;;+2. The van der Waals surface area contributed by atoms with Crippen molar-refractivity contribution in [1.82, 2.24) is 0 Å². The van der Waals surface area contributed by atoms with Crippen molar-refractivity contribution < 1.29 is 17.0 Å². The monoisotopic (exact) mass is 195 g/mol. The van der Waals surface area contributed by atoms with Gasteiger partial charge < -0.3 is 13.3 Å². The summed E-state index contributed by atoms with van der Waals surface area (Å²) in [7, 11) is 0. The summed E-state index contributed by atoms with van der Waals surface area (Å²) in [6, 6.07) is 0. The molecule has 0 aromatic rings. The molecule has 0 atom stereocenters. The zero-order valence-electron chi connectivity index (χ0n) is 9.02. The van der Waals surface area contributed by atoms with Crippen LogP contribution in [0.1, 0.15) is 41.5 Å². The van der Waals surface area contributed by atoms with Gasteiger partial charge in [-0.2, -0.15) is 19.8 Å². The zero-order valence-corrected chi connectivity index (χ0v) is 10.4. The van der Waals surface area contributed by atoms with E-state index in [0.717, 1.165) is 0 Å². The summed E-state index contributed by atoms with van der Waals surface area (Å²) in [6.45, 7) is 15.8. The van der Waals surface area contributed by atoms with Crippen molar-refractivity contribution in [3.05, 3.63) is 13.3 Å². The van der Waals surface area contributed by atoms with Crippen molar-refractivity contribution in [2.24, 2.45) is 5.92 Å². The summed E-state index contributed by atoms with van der Waals surface area (Å²) < 4.78 is 0. The second-order valence-corrected chi connectivity index (χ2v) is 1.97. The van der Waals surface area contributed by atoms with Crippen molar-refractivity contribution in [3.8, 4) is 0 Å². The summed E-state index contributed by atoms with van der Waals surface area (Å²) in [5.41, 5.74) is 0. The van der Waals surface area contributed by atoms with Gasteiger partial charge in [-0.05, 0) is 0 Å². The summed E-state index contributed by atoms with van der Waals surface area (Å²) in [5, 5.41) is 3.19. The molecule has 0 spiro atoms. The Balaban J connectivity index is -0.0000000315. The van der Waals surface area contributed by atoms with Crippen LogP contribution in [0.15, 0.2) is 0 Å². The first-order chi connectivity index (χ1) is 5.15. The topological polar surface area (TPSA) is 0 Å². The number of rotatable bonds is 0. The molecule has 0 rings (SSSR count). The molecule has 0 bridgehead atoms. The molecule has 11 heavy (non-hydrogen) atoms. The van der Waals surface area contributed by atoms with E-state index >= 15 is 0 Å². The van der Waals surface area contributed by atoms with Gasteiger partial charge in [-0.1, -0.05) is 27.7 Å². The van der Waals surface area contributed by atoms with Crippen LogP contribution in [0.25, 0.3) is 0 Å². The van der Waals surface area contributed by atoms with Crippen LogP contribution in [-0.2, 0) is 17.0 Å². The average molecular weight is 195 g/mol. The molecule has 0 amide bonds. The fourth-order valence-electron chi connectivity index (χ4n) is 0. The van der Waals surface area contributed by atoms with Crippen LogP contribution >= 0.6 is 0 Å². The Morgan fingerprint density at radius 2 is 1.18 bits per heavy atom. The molecule has 0 saturated carbocycles. The van der Waals surface area contributed by atoms with Crippen LogP contribution in [0.3, 0.4) is 0 Å². The predicted octanol–water partition coefficient (Wildman–Crippen LogP) is 3.70. The Morgan fingerprint density at radius 3 is 1.18 bits per heavy atom. The minimum absolute atomic E-state index is 0.583. The van der Waals surface area contributed by atoms with E-state index in [9.17, 15) is 0 Å². The normalized spacial score (nSPS) is 6.00. The van der Waals surface area contributed by atoms with Gasteiger partial charge in [0.25, 0.3) is 0 Å². The zero-order chi connectivity index (χ0) is 10.3. The van der Waals surface area contributed by atoms with Crippen molar-refractivity contribution in [2.75, 3.05) is 0 Å². The van der Waals surface area contributed by atoms with E-state index in [4.69, 9.17) is 0 Å². The Morgan fingerprint density at radius 1 is 1.18 bits per heavy atom. The van der Waals surface area contributed by atoms with Gasteiger partial charge in [0.15, 0.2) is 0 Å². The van der Waals surface area contributed by atoms with Gasteiger partial charge in [-0.3, -0.25) is 0 Å². The van der Waals surface area contributed by atoms with E-state index in [0.29, 0.717) is 5.92 Å². The van der Waals surface area contributed by atoms with Crippen molar-refractivity contribution in [1.29, 1.82) is 0 Å². The molecule has 0 aliphatic carbocycles. The van der Waals surface area contributed by atoms with Gasteiger partial charge >= 0.3 is 22.2 Å². The van der Waals surface area contributed by atoms with Crippen molar-refractivity contribution in [2.45, 2.75) is 41.5 Å². The third kappa shape index (κ3) is 3620. The Labute approximate surface area is 83.3 Å². The molecule has 0 saturated heterocycles. The minimum atomic E-state index is 0.583. The third-order valence-electron chi connectivity index (χ3n) is 0. The van der Waals surface area contributed by atoms with E-state index in [1.54, 1.807) is 0 Å². The van der Waals surface area contributed by atoms with Crippen LogP contribution in [0, 0.1) is 19.3 Å². The molecule has 0 N–H and O–H groups in total. The van der Waals surface area contributed by atoms with Gasteiger partial charge in [0.2, 0.25) is 0 Å². The van der Waals surface area contributed by atoms with Crippen LogP contribution in [-0.4, -0.2) is 5.23 Å². The fraction of sp³-hybridized carbons (Fsp3) is 0.700. The van der Waals surface area contributed by atoms with Crippen LogP contribution in [0.5, 0.6) is 0 Å².